The van der Waals surface area contributed by atoms with Crippen LogP contribution in [-0.4, -0.2) is 43.3 Å². The second-order valence-electron chi connectivity index (χ2n) is 6.53. The number of nitrogens with zero attached hydrogens (tertiary/aromatic N) is 1. The van der Waals surface area contributed by atoms with Gasteiger partial charge < -0.3 is 9.64 Å². The van der Waals surface area contributed by atoms with Crippen molar-refractivity contribution in [1.29, 1.82) is 0 Å². The fourth-order valence-electron chi connectivity index (χ4n) is 3.07. The molecule has 4 heteroatoms. The predicted molar refractivity (Wildman–Crippen MR) is 75.7 cm³/mol. The first-order chi connectivity index (χ1) is 9.03. The average molecular weight is 268 g/mol. The first-order valence-corrected chi connectivity index (χ1v) is 7.58. The summed E-state index contributed by atoms with van der Waals surface area (Å²) < 4.78 is 5.21. The second kappa shape index (κ2) is 5.80. The van der Waals surface area contributed by atoms with Gasteiger partial charge in [-0.25, -0.2) is 0 Å². The van der Waals surface area contributed by atoms with Crippen LogP contribution < -0.4 is 5.32 Å². The molecule has 4 nitrogen and oxygen atoms in total. The smallest absolute Gasteiger partial charge is 0.241 e. The molecule has 0 aromatic heterocycles. The van der Waals surface area contributed by atoms with Crippen LogP contribution in [0.15, 0.2) is 0 Å². The van der Waals surface area contributed by atoms with Crippen LogP contribution in [0.1, 0.15) is 46.5 Å². The monoisotopic (exact) mass is 268 g/mol. The van der Waals surface area contributed by atoms with E-state index in [9.17, 15) is 4.79 Å². The number of rotatable bonds is 7. The molecule has 1 heterocycles. The van der Waals surface area contributed by atoms with Crippen LogP contribution in [0.3, 0.4) is 0 Å². The Morgan fingerprint density at radius 2 is 2.16 bits per heavy atom. The van der Waals surface area contributed by atoms with Crippen molar-refractivity contribution in [3.63, 3.8) is 0 Å². The Morgan fingerprint density at radius 1 is 1.47 bits per heavy atom. The lowest BCUT2D eigenvalue weighted by Gasteiger charge is -2.31. The Bertz CT molecular complexity index is 326. The van der Waals surface area contributed by atoms with Gasteiger partial charge in [0.05, 0.1) is 12.2 Å². The van der Waals surface area contributed by atoms with E-state index in [2.05, 4.69) is 31.0 Å². The average Bonchev–Trinajstić information content (AvgIpc) is 3.07. The maximum atomic E-state index is 12.5. The molecule has 0 bridgehead atoms. The van der Waals surface area contributed by atoms with E-state index in [4.69, 9.17) is 4.74 Å². The lowest BCUT2D eigenvalue weighted by molar-refractivity contribution is -0.131. The summed E-state index contributed by atoms with van der Waals surface area (Å²) in [6.45, 7) is 8.16. The van der Waals surface area contributed by atoms with E-state index in [1.165, 1.54) is 12.8 Å². The Balaban J connectivity index is 2.02. The zero-order valence-corrected chi connectivity index (χ0v) is 12.7. The Hall–Kier alpha value is -0.610. The van der Waals surface area contributed by atoms with Crippen LogP contribution >= 0.6 is 0 Å². The number of carbonyl (C=O) groups is 1. The van der Waals surface area contributed by atoms with Gasteiger partial charge >= 0.3 is 0 Å². The number of hydrogen-bond donors (Lipinski definition) is 1. The summed E-state index contributed by atoms with van der Waals surface area (Å²) >= 11 is 0. The van der Waals surface area contributed by atoms with Gasteiger partial charge in [0.15, 0.2) is 0 Å². The Labute approximate surface area is 116 Å². The quantitative estimate of drug-likeness (QED) is 0.768. The third kappa shape index (κ3) is 3.11. The van der Waals surface area contributed by atoms with Crippen molar-refractivity contribution in [2.75, 3.05) is 20.3 Å². The third-order valence-corrected chi connectivity index (χ3v) is 4.63. The first-order valence-electron chi connectivity index (χ1n) is 7.58. The number of hydrogen-bond acceptors (Lipinski definition) is 3. The maximum absolute atomic E-state index is 12.5. The lowest BCUT2D eigenvalue weighted by atomic mass is 10.0. The zero-order chi connectivity index (χ0) is 14.0. The Morgan fingerprint density at radius 3 is 2.63 bits per heavy atom. The number of methoxy groups -OCH3 is 1. The van der Waals surface area contributed by atoms with Gasteiger partial charge in [0.2, 0.25) is 5.91 Å². The van der Waals surface area contributed by atoms with Gasteiger partial charge in [-0.3, -0.25) is 10.1 Å². The summed E-state index contributed by atoms with van der Waals surface area (Å²) in [5, 5.41) is 3.49. The fraction of sp³-hybridized carbons (Fsp3) is 0.933. The SMILES string of the molecule is CCC1NC(C(C)C)N(CC2(CCOC)CC2)C1=O. The third-order valence-electron chi connectivity index (χ3n) is 4.63. The molecule has 2 atom stereocenters. The molecule has 2 aliphatic rings. The maximum Gasteiger partial charge on any atom is 0.241 e. The van der Waals surface area contributed by atoms with E-state index < -0.39 is 0 Å². The minimum absolute atomic E-state index is 0.0191. The topological polar surface area (TPSA) is 41.6 Å². The highest BCUT2D eigenvalue weighted by atomic mass is 16.5. The van der Waals surface area contributed by atoms with E-state index >= 15 is 0 Å². The molecule has 2 rings (SSSR count). The number of amides is 1. The summed E-state index contributed by atoms with van der Waals surface area (Å²) in [6, 6.07) is 0.0191. The van der Waals surface area contributed by atoms with Crippen LogP contribution in [0.5, 0.6) is 0 Å². The highest BCUT2D eigenvalue weighted by Crippen LogP contribution is 2.50. The molecule has 19 heavy (non-hydrogen) atoms. The summed E-state index contributed by atoms with van der Waals surface area (Å²) in [6.07, 6.45) is 4.64. The van der Waals surface area contributed by atoms with E-state index in [0.717, 1.165) is 26.0 Å². The van der Waals surface area contributed by atoms with Gasteiger partial charge in [-0.2, -0.15) is 0 Å². The molecule has 0 radical (unpaired) electrons. The second-order valence-corrected chi connectivity index (χ2v) is 6.53. The highest BCUT2D eigenvalue weighted by Gasteiger charge is 2.48. The van der Waals surface area contributed by atoms with E-state index in [1.807, 2.05) is 0 Å². The first kappa shape index (κ1) is 14.8. The van der Waals surface area contributed by atoms with Crippen molar-refractivity contribution >= 4 is 5.91 Å². The molecule has 110 valence electrons. The molecule has 2 unspecified atom stereocenters. The molecular weight excluding hydrogens is 240 g/mol. The minimum Gasteiger partial charge on any atom is -0.385 e. The molecule has 0 aromatic rings. The van der Waals surface area contributed by atoms with E-state index in [0.29, 0.717) is 17.2 Å². The standard InChI is InChI=1S/C15H28N2O2/c1-5-12-14(18)17(13(16-12)11(2)3)10-15(6-7-15)8-9-19-4/h11-13,16H,5-10H2,1-4H3. The largest absolute Gasteiger partial charge is 0.385 e. The Kier molecular flexibility index (Phi) is 4.51. The summed E-state index contributed by atoms with van der Waals surface area (Å²) in [5.74, 6) is 0.753. The predicted octanol–water partition coefficient (Wildman–Crippen LogP) is 2.00. The van der Waals surface area contributed by atoms with Crippen molar-refractivity contribution in [3.05, 3.63) is 0 Å². The van der Waals surface area contributed by atoms with Gasteiger partial charge in [0.25, 0.3) is 0 Å². The number of nitrogens with one attached hydrogen (secondary N) is 1. The van der Waals surface area contributed by atoms with Gasteiger partial charge in [-0.05, 0) is 37.0 Å². The molecule has 1 aliphatic carbocycles. The van der Waals surface area contributed by atoms with Crippen molar-refractivity contribution in [1.82, 2.24) is 10.2 Å². The van der Waals surface area contributed by atoms with Gasteiger partial charge in [0, 0.05) is 20.3 Å². The molecule has 1 aliphatic heterocycles. The van der Waals surface area contributed by atoms with E-state index in [1.54, 1.807) is 7.11 Å². The number of ether oxygens (including phenoxy) is 1. The van der Waals surface area contributed by atoms with Crippen LogP contribution in [-0.2, 0) is 9.53 Å². The van der Waals surface area contributed by atoms with E-state index in [-0.39, 0.29) is 12.2 Å². The summed E-state index contributed by atoms with van der Waals surface area (Å²) in [7, 11) is 1.75. The molecule has 1 N–H and O–H groups in total. The van der Waals surface area contributed by atoms with Crippen molar-refractivity contribution < 1.29 is 9.53 Å². The highest BCUT2D eigenvalue weighted by molar-refractivity contribution is 5.84. The zero-order valence-electron chi connectivity index (χ0n) is 12.7. The van der Waals surface area contributed by atoms with Gasteiger partial charge in [0.1, 0.15) is 0 Å². The van der Waals surface area contributed by atoms with Crippen LogP contribution in [0.2, 0.25) is 0 Å². The molecule has 1 amide bonds. The summed E-state index contributed by atoms with van der Waals surface area (Å²) in [4.78, 5) is 14.6. The van der Waals surface area contributed by atoms with Crippen LogP contribution in [0.4, 0.5) is 0 Å². The van der Waals surface area contributed by atoms with Crippen molar-refractivity contribution in [2.45, 2.75) is 58.7 Å². The summed E-state index contributed by atoms with van der Waals surface area (Å²) in [5.41, 5.74) is 0.336. The molecule has 1 saturated carbocycles. The molecule has 0 aromatic carbocycles. The molecular formula is C15H28N2O2. The molecule has 0 spiro atoms. The molecule has 2 fully saturated rings. The normalized spacial score (nSPS) is 29.3. The van der Waals surface area contributed by atoms with Gasteiger partial charge in [-0.1, -0.05) is 20.8 Å². The van der Waals surface area contributed by atoms with Gasteiger partial charge in [-0.15, -0.1) is 0 Å². The molecule has 1 saturated heterocycles. The fourth-order valence-corrected chi connectivity index (χ4v) is 3.07. The van der Waals surface area contributed by atoms with Crippen molar-refractivity contribution in [3.8, 4) is 0 Å². The minimum atomic E-state index is 0.0191. The van der Waals surface area contributed by atoms with Crippen LogP contribution in [0, 0.1) is 11.3 Å². The number of carbonyl (C=O) groups excluding carboxylic acids is 1. The van der Waals surface area contributed by atoms with Crippen LogP contribution in [0.25, 0.3) is 0 Å². The lowest BCUT2D eigenvalue weighted by Crippen LogP contribution is -2.44. The van der Waals surface area contributed by atoms with Crippen molar-refractivity contribution in [2.24, 2.45) is 11.3 Å².